The van der Waals surface area contributed by atoms with Crippen LogP contribution in [0.4, 0.5) is 0 Å². The molecule has 102 valence electrons. The third-order valence-electron chi connectivity index (χ3n) is 4.32. The van der Waals surface area contributed by atoms with Crippen molar-refractivity contribution < 1.29 is 0 Å². The van der Waals surface area contributed by atoms with E-state index in [9.17, 15) is 0 Å². The molecule has 0 saturated carbocycles. The molecular weight excluding hydrogens is 238 g/mol. The van der Waals surface area contributed by atoms with Crippen molar-refractivity contribution in [2.45, 2.75) is 64.5 Å². The van der Waals surface area contributed by atoms with Gasteiger partial charge in [0.2, 0.25) is 0 Å². The fourth-order valence-corrected chi connectivity index (χ4v) is 4.06. The largest absolute Gasteiger partial charge is 0.319 e. The first kappa shape index (κ1) is 17.1. The topological polar surface area (TPSA) is 12.0 Å². The van der Waals surface area contributed by atoms with Crippen molar-refractivity contribution in [1.82, 2.24) is 5.32 Å². The fourth-order valence-electron chi connectivity index (χ4n) is 1.44. The Morgan fingerprint density at radius 2 is 1.65 bits per heavy atom. The summed E-state index contributed by atoms with van der Waals surface area (Å²) in [5.41, 5.74) is 2.21. The molecule has 0 saturated heterocycles. The summed E-state index contributed by atoms with van der Waals surface area (Å²) in [7, 11) is -2.20. The number of nitrogens with one attached hydrogen (secondary N) is 1. The standard InChI is InChI=1S/C14H33NSi2/c1-9-16(5,6)12-10-11-15-13-17(7,8)14(2,3)4/h9,15H,1,10-13H2,2-8H3. The highest BCUT2D eigenvalue weighted by Crippen LogP contribution is 2.35. The van der Waals surface area contributed by atoms with Gasteiger partial charge in [-0.2, -0.15) is 0 Å². The van der Waals surface area contributed by atoms with Gasteiger partial charge in [-0.25, -0.2) is 0 Å². The van der Waals surface area contributed by atoms with E-state index in [2.05, 4.69) is 64.6 Å². The van der Waals surface area contributed by atoms with Gasteiger partial charge in [-0.3, -0.25) is 0 Å². The molecule has 0 aromatic rings. The van der Waals surface area contributed by atoms with Crippen LogP contribution >= 0.6 is 0 Å². The van der Waals surface area contributed by atoms with Crippen LogP contribution in [0.15, 0.2) is 12.3 Å². The Balaban J connectivity index is 3.84. The molecule has 0 bridgehead atoms. The monoisotopic (exact) mass is 271 g/mol. The van der Waals surface area contributed by atoms with E-state index in [1.165, 1.54) is 25.2 Å². The summed E-state index contributed by atoms with van der Waals surface area (Å²) in [6.45, 7) is 22.0. The first-order valence-electron chi connectivity index (χ1n) is 6.86. The average Bonchev–Trinajstić information content (AvgIpc) is 2.15. The second-order valence-electron chi connectivity index (χ2n) is 7.61. The van der Waals surface area contributed by atoms with E-state index in [0.717, 1.165) is 0 Å². The van der Waals surface area contributed by atoms with Crippen molar-refractivity contribution in [2.75, 3.05) is 12.7 Å². The average molecular weight is 272 g/mol. The zero-order valence-electron chi connectivity index (χ0n) is 13.1. The lowest BCUT2D eigenvalue weighted by Gasteiger charge is -2.37. The molecule has 0 aliphatic carbocycles. The van der Waals surface area contributed by atoms with Gasteiger partial charge in [0.15, 0.2) is 0 Å². The lowest BCUT2D eigenvalue weighted by atomic mass is 10.2. The van der Waals surface area contributed by atoms with Crippen LogP contribution in [0.25, 0.3) is 0 Å². The van der Waals surface area contributed by atoms with Gasteiger partial charge in [-0.1, -0.05) is 53.0 Å². The molecule has 0 aliphatic heterocycles. The Bertz CT molecular complexity index is 239. The van der Waals surface area contributed by atoms with E-state index < -0.39 is 16.1 Å². The minimum atomic E-state index is -1.13. The lowest BCUT2D eigenvalue weighted by molar-refractivity contribution is 0.675. The van der Waals surface area contributed by atoms with E-state index in [-0.39, 0.29) is 0 Å². The minimum Gasteiger partial charge on any atom is -0.319 e. The normalized spacial score (nSPS) is 13.8. The maximum absolute atomic E-state index is 3.95. The van der Waals surface area contributed by atoms with Crippen LogP contribution in [0.2, 0.25) is 37.3 Å². The molecule has 3 heteroatoms. The van der Waals surface area contributed by atoms with Crippen molar-refractivity contribution in [3.8, 4) is 0 Å². The van der Waals surface area contributed by atoms with Gasteiger partial charge in [-0.15, -0.1) is 12.3 Å². The van der Waals surface area contributed by atoms with Crippen molar-refractivity contribution in [3.05, 3.63) is 12.3 Å². The van der Waals surface area contributed by atoms with Crippen LogP contribution in [0, 0.1) is 0 Å². The third kappa shape index (κ3) is 6.58. The summed E-state index contributed by atoms with van der Waals surface area (Å²) in [6.07, 6.45) is 2.55. The zero-order chi connectivity index (χ0) is 13.7. The Morgan fingerprint density at radius 3 is 2.06 bits per heavy atom. The van der Waals surface area contributed by atoms with E-state index >= 15 is 0 Å². The molecule has 0 atom stereocenters. The second kappa shape index (κ2) is 6.34. The maximum atomic E-state index is 3.95. The summed E-state index contributed by atoms with van der Waals surface area (Å²) in [5.74, 6) is 0. The number of hydrogen-bond acceptors (Lipinski definition) is 1. The molecule has 0 heterocycles. The van der Waals surface area contributed by atoms with Gasteiger partial charge in [0.25, 0.3) is 0 Å². The predicted octanol–water partition coefficient (Wildman–Crippen LogP) is 4.45. The van der Waals surface area contributed by atoms with Crippen LogP contribution in [-0.2, 0) is 0 Å². The van der Waals surface area contributed by atoms with Gasteiger partial charge < -0.3 is 5.32 Å². The number of hydrogen-bond donors (Lipinski definition) is 1. The molecule has 1 nitrogen and oxygen atoms in total. The molecule has 0 radical (unpaired) electrons. The van der Waals surface area contributed by atoms with Gasteiger partial charge in [0.05, 0.1) is 16.1 Å². The lowest BCUT2D eigenvalue weighted by Crippen LogP contribution is -2.47. The highest BCUT2D eigenvalue weighted by molar-refractivity contribution is 6.82. The Labute approximate surface area is 111 Å². The summed E-state index contributed by atoms with van der Waals surface area (Å²) >= 11 is 0. The van der Waals surface area contributed by atoms with Gasteiger partial charge in [0, 0.05) is 0 Å². The maximum Gasteiger partial charge on any atom is 0.0710 e. The molecule has 1 N–H and O–H groups in total. The molecular formula is C14H33NSi2. The van der Waals surface area contributed by atoms with Crippen LogP contribution in [0.3, 0.4) is 0 Å². The van der Waals surface area contributed by atoms with Crippen molar-refractivity contribution in [2.24, 2.45) is 0 Å². The quantitative estimate of drug-likeness (QED) is 0.533. The van der Waals surface area contributed by atoms with Crippen LogP contribution in [-0.4, -0.2) is 28.9 Å². The van der Waals surface area contributed by atoms with E-state index in [0.29, 0.717) is 5.04 Å². The fraction of sp³-hybridized carbons (Fsp3) is 0.857. The van der Waals surface area contributed by atoms with Gasteiger partial charge in [0.1, 0.15) is 0 Å². The molecule has 17 heavy (non-hydrogen) atoms. The summed E-state index contributed by atoms with van der Waals surface area (Å²) in [6, 6.07) is 1.36. The van der Waals surface area contributed by atoms with E-state index in [1.54, 1.807) is 0 Å². The van der Waals surface area contributed by atoms with Crippen LogP contribution < -0.4 is 5.32 Å². The molecule has 0 unspecified atom stereocenters. The first-order chi connectivity index (χ1) is 7.52. The summed E-state index contributed by atoms with van der Waals surface area (Å²) in [5, 5.41) is 4.17. The Kier molecular flexibility index (Phi) is 6.39. The molecule has 0 fully saturated rings. The van der Waals surface area contributed by atoms with Crippen molar-refractivity contribution >= 4 is 16.1 Å². The van der Waals surface area contributed by atoms with E-state index in [1.807, 2.05) is 0 Å². The highest BCUT2D eigenvalue weighted by Gasteiger charge is 2.34. The minimum absolute atomic E-state index is 0.495. The Hall–Kier alpha value is 0.134. The van der Waals surface area contributed by atoms with Gasteiger partial charge in [-0.05, 0) is 24.2 Å². The molecule has 0 spiro atoms. The van der Waals surface area contributed by atoms with E-state index in [4.69, 9.17) is 0 Å². The second-order valence-corrected chi connectivity index (χ2v) is 18.1. The van der Waals surface area contributed by atoms with Gasteiger partial charge >= 0.3 is 0 Å². The third-order valence-corrected chi connectivity index (χ3v) is 12.3. The van der Waals surface area contributed by atoms with Crippen LogP contribution in [0.5, 0.6) is 0 Å². The molecule has 0 aliphatic rings. The summed E-state index contributed by atoms with van der Waals surface area (Å²) in [4.78, 5) is 0. The first-order valence-corrected chi connectivity index (χ1v) is 13.4. The molecule has 0 rings (SSSR count). The van der Waals surface area contributed by atoms with Crippen LogP contribution in [0.1, 0.15) is 27.2 Å². The SMILES string of the molecule is C=C[Si](C)(C)CCCNC[Si](C)(C)C(C)(C)C. The van der Waals surface area contributed by atoms with Crippen molar-refractivity contribution in [3.63, 3.8) is 0 Å². The molecule has 0 aromatic carbocycles. The smallest absolute Gasteiger partial charge is 0.0710 e. The Morgan fingerprint density at radius 1 is 1.12 bits per heavy atom. The summed E-state index contributed by atoms with van der Waals surface area (Å²) < 4.78 is 0. The number of rotatable bonds is 7. The highest BCUT2D eigenvalue weighted by atomic mass is 28.3. The zero-order valence-corrected chi connectivity index (χ0v) is 15.1. The molecule has 0 aromatic heterocycles. The van der Waals surface area contributed by atoms with Crippen molar-refractivity contribution in [1.29, 1.82) is 0 Å². The molecule has 0 amide bonds. The predicted molar refractivity (Wildman–Crippen MR) is 87.2 cm³/mol.